The van der Waals surface area contributed by atoms with Crippen molar-refractivity contribution in [2.75, 3.05) is 26.2 Å². The van der Waals surface area contributed by atoms with Gasteiger partial charge in [-0.15, -0.1) is 0 Å². The van der Waals surface area contributed by atoms with Gasteiger partial charge in [0.25, 0.3) is 0 Å². The minimum atomic E-state index is -0.218. The highest BCUT2D eigenvalue weighted by Crippen LogP contribution is 2.44. The van der Waals surface area contributed by atoms with Gasteiger partial charge in [-0.25, -0.2) is 0 Å². The minimum absolute atomic E-state index is 0.00663. The molecule has 4 heteroatoms. The van der Waals surface area contributed by atoms with E-state index in [-0.39, 0.29) is 23.3 Å². The summed E-state index contributed by atoms with van der Waals surface area (Å²) in [5.74, 6) is 0.173. The fourth-order valence-corrected chi connectivity index (χ4v) is 2.65. The number of aliphatic hydroxyl groups excluding tert-OH is 1. The monoisotopic (exact) mass is 240 g/mol. The third-order valence-electron chi connectivity index (χ3n) is 4.55. The number of hydrogen-bond acceptors (Lipinski definition) is 3. The predicted molar refractivity (Wildman–Crippen MR) is 66.6 cm³/mol. The van der Waals surface area contributed by atoms with Crippen molar-refractivity contribution < 1.29 is 9.90 Å². The Hall–Kier alpha value is -0.610. The summed E-state index contributed by atoms with van der Waals surface area (Å²) in [6.07, 6.45) is 5.03. The maximum Gasteiger partial charge on any atom is 0.227 e. The van der Waals surface area contributed by atoms with Gasteiger partial charge in [-0.2, -0.15) is 0 Å². The van der Waals surface area contributed by atoms with Gasteiger partial charge >= 0.3 is 0 Å². The summed E-state index contributed by atoms with van der Waals surface area (Å²) >= 11 is 0. The van der Waals surface area contributed by atoms with Crippen LogP contribution in [0.3, 0.4) is 0 Å². The number of piperidine rings is 1. The van der Waals surface area contributed by atoms with Gasteiger partial charge < -0.3 is 15.7 Å². The largest absolute Gasteiger partial charge is 0.396 e. The van der Waals surface area contributed by atoms with Crippen molar-refractivity contribution in [2.45, 2.75) is 39.0 Å². The molecule has 2 aliphatic rings. The zero-order valence-electron chi connectivity index (χ0n) is 10.7. The third-order valence-corrected chi connectivity index (χ3v) is 4.55. The molecule has 1 aliphatic carbocycles. The van der Waals surface area contributed by atoms with Crippen LogP contribution in [0.1, 0.15) is 39.0 Å². The van der Waals surface area contributed by atoms with E-state index >= 15 is 0 Å². The van der Waals surface area contributed by atoms with Gasteiger partial charge in [-0.3, -0.25) is 4.79 Å². The molecule has 0 aromatic carbocycles. The lowest BCUT2D eigenvalue weighted by Gasteiger charge is -2.35. The van der Waals surface area contributed by atoms with E-state index in [0.29, 0.717) is 6.54 Å². The molecule has 1 aliphatic heterocycles. The van der Waals surface area contributed by atoms with Crippen molar-refractivity contribution in [2.24, 2.45) is 10.8 Å². The fraction of sp³-hybridized carbons (Fsp3) is 0.923. The van der Waals surface area contributed by atoms with Crippen LogP contribution < -0.4 is 10.6 Å². The van der Waals surface area contributed by atoms with Crippen molar-refractivity contribution in [1.29, 1.82) is 0 Å². The number of aliphatic hydroxyl groups is 1. The summed E-state index contributed by atoms with van der Waals surface area (Å²) in [5, 5.41) is 15.6. The average molecular weight is 240 g/mol. The molecule has 2 fully saturated rings. The van der Waals surface area contributed by atoms with Gasteiger partial charge in [0.15, 0.2) is 0 Å². The molecule has 1 amide bonds. The van der Waals surface area contributed by atoms with E-state index in [4.69, 9.17) is 0 Å². The van der Waals surface area contributed by atoms with Crippen molar-refractivity contribution in [3.05, 3.63) is 0 Å². The van der Waals surface area contributed by atoms with E-state index in [1.54, 1.807) is 0 Å². The molecule has 1 heterocycles. The summed E-state index contributed by atoms with van der Waals surface area (Å²) < 4.78 is 0. The highest BCUT2D eigenvalue weighted by atomic mass is 16.3. The molecule has 17 heavy (non-hydrogen) atoms. The first-order valence-electron chi connectivity index (χ1n) is 6.76. The van der Waals surface area contributed by atoms with Crippen LogP contribution in [0.4, 0.5) is 0 Å². The average Bonchev–Trinajstić information content (AvgIpc) is 3.17. The van der Waals surface area contributed by atoms with Crippen LogP contribution in [0.25, 0.3) is 0 Å². The molecule has 3 N–H and O–H groups in total. The molecule has 0 aromatic rings. The Morgan fingerprint density at radius 3 is 2.65 bits per heavy atom. The molecule has 0 radical (unpaired) electrons. The van der Waals surface area contributed by atoms with E-state index in [2.05, 4.69) is 17.6 Å². The van der Waals surface area contributed by atoms with Gasteiger partial charge in [-0.1, -0.05) is 6.92 Å². The van der Waals surface area contributed by atoms with E-state index in [9.17, 15) is 9.90 Å². The molecule has 1 saturated carbocycles. The first kappa shape index (κ1) is 12.8. The number of nitrogens with one attached hydrogen (secondary N) is 2. The van der Waals surface area contributed by atoms with E-state index < -0.39 is 0 Å². The lowest BCUT2D eigenvalue weighted by Crippen LogP contribution is -2.51. The highest BCUT2D eigenvalue weighted by Gasteiger charge is 2.44. The summed E-state index contributed by atoms with van der Waals surface area (Å²) in [4.78, 5) is 12.3. The Balaban J connectivity index is 1.88. The molecule has 4 nitrogen and oxygen atoms in total. The molecule has 1 saturated heterocycles. The van der Waals surface area contributed by atoms with Crippen molar-refractivity contribution in [3.63, 3.8) is 0 Å². The minimum Gasteiger partial charge on any atom is -0.396 e. The zero-order chi connectivity index (χ0) is 12.4. The number of hydrogen-bond donors (Lipinski definition) is 3. The van der Waals surface area contributed by atoms with Crippen molar-refractivity contribution in [3.8, 4) is 0 Å². The summed E-state index contributed by atoms with van der Waals surface area (Å²) in [5.41, 5.74) is -0.212. The van der Waals surface area contributed by atoms with Gasteiger partial charge in [0.2, 0.25) is 5.91 Å². The van der Waals surface area contributed by atoms with Crippen LogP contribution in [0.5, 0.6) is 0 Å². The molecule has 0 spiro atoms. The molecule has 1 unspecified atom stereocenters. The Morgan fingerprint density at radius 1 is 1.41 bits per heavy atom. The number of carbonyl (C=O) groups excluding carboxylic acids is 1. The van der Waals surface area contributed by atoms with E-state index in [0.717, 1.165) is 45.2 Å². The Labute approximate surface area is 103 Å². The Bertz CT molecular complexity index is 281. The van der Waals surface area contributed by atoms with Crippen LogP contribution in [-0.4, -0.2) is 37.3 Å². The molecule has 0 bridgehead atoms. The molecular formula is C13H24N2O2. The molecule has 98 valence electrons. The van der Waals surface area contributed by atoms with Gasteiger partial charge in [0, 0.05) is 18.5 Å². The highest BCUT2D eigenvalue weighted by molar-refractivity contribution is 5.83. The third kappa shape index (κ3) is 2.63. The van der Waals surface area contributed by atoms with Crippen LogP contribution in [-0.2, 0) is 4.79 Å². The molecule has 2 rings (SSSR count). The topological polar surface area (TPSA) is 61.4 Å². The van der Waals surface area contributed by atoms with Crippen LogP contribution in [0, 0.1) is 10.8 Å². The van der Waals surface area contributed by atoms with Crippen molar-refractivity contribution >= 4 is 5.91 Å². The lowest BCUT2D eigenvalue weighted by atomic mass is 9.77. The second-order valence-corrected chi connectivity index (χ2v) is 5.76. The van der Waals surface area contributed by atoms with E-state index in [1.807, 2.05) is 0 Å². The SMILES string of the molecule is CCC1(C(=O)NCC2(CO)CC2)CCCNC1. The smallest absolute Gasteiger partial charge is 0.227 e. The normalized spacial score (nSPS) is 30.9. The van der Waals surface area contributed by atoms with E-state index in [1.165, 1.54) is 0 Å². The first-order chi connectivity index (χ1) is 8.16. The van der Waals surface area contributed by atoms with Gasteiger partial charge in [0.1, 0.15) is 0 Å². The second-order valence-electron chi connectivity index (χ2n) is 5.76. The lowest BCUT2D eigenvalue weighted by molar-refractivity contribution is -0.132. The summed E-state index contributed by atoms with van der Waals surface area (Å²) in [6, 6.07) is 0. The zero-order valence-corrected chi connectivity index (χ0v) is 10.7. The predicted octanol–water partition coefficient (Wildman–Crippen LogP) is 0.655. The second kappa shape index (κ2) is 4.94. The van der Waals surface area contributed by atoms with Crippen molar-refractivity contribution in [1.82, 2.24) is 10.6 Å². The molecular weight excluding hydrogens is 216 g/mol. The number of amides is 1. The van der Waals surface area contributed by atoms with Gasteiger partial charge in [0.05, 0.1) is 12.0 Å². The van der Waals surface area contributed by atoms with Gasteiger partial charge in [-0.05, 0) is 38.6 Å². The number of rotatable bonds is 5. The van der Waals surface area contributed by atoms with Crippen LogP contribution in [0.2, 0.25) is 0 Å². The first-order valence-corrected chi connectivity index (χ1v) is 6.76. The van der Waals surface area contributed by atoms with Crippen LogP contribution in [0.15, 0.2) is 0 Å². The fourth-order valence-electron chi connectivity index (χ4n) is 2.65. The molecule has 0 aromatic heterocycles. The maximum atomic E-state index is 12.3. The Morgan fingerprint density at radius 2 is 2.18 bits per heavy atom. The van der Waals surface area contributed by atoms with Crippen LogP contribution >= 0.6 is 0 Å². The summed E-state index contributed by atoms with van der Waals surface area (Å²) in [6.45, 7) is 4.75. The number of carbonyl (C=O) groups is 1. The standard InChI is InChI=1S/C13H24N2O2/c1-2-13(4-3-7-14-9-13)11(17)15-8-12(10-16)5-6-12/h14,16H,2-10H2,1H3,(H,15,17). The quantitative estimate of drug-likeness (QED) is 0.661. The maximum absolute atomic E-state index is 12.3. The summed E-state index contributed by atoms with van der Waals surface area (Å²) in [7, 11) is 0. The molecule has 1 atom stereocenters. The Kier molecular flexibility index (Phi) is 3.73.